The largest absolute Gasteiger partial charge is 0.338 e. The van der Waals surface area contributed by atoms with Crippen LogP contribution in [0.15, 0.2) is 48.5 Å². The highest BCUT2D eigenvalue weighted by atomic mass is 32.2. The highest BCUT2D eigenvalue weighted by Crippen LogP contribution is 2.23. The van der Waals surface area contributed by atoms with Crippen LogP contribution in [-0.4, -0.2) is 24.1 Å². The van der Waals surface area contributed by atoms with Gasteiger partial charge in [0, 0.05) is 11.3 Å². The molecule has 5 nitrogen and oxygen atoms in total. The lowest BCUT2D eigenvalue weighted by atomic mass is 10.2. The number of nitrogens with zero attached hydrogens (tertiary/aromatic N) is 1. The van der Waals surface area contributed by atoms with Crippen molar-refractivity contribution in [2.24, 2.45) is 0 Å². The van der Waals surface area contributed by atoms with Crippen LogP contribution in [0.5, 0.6) is 0 Å². The number of anilines is 1. The van der Waals surface area contributed by atoms with E-state index in [1.165, 1.54) is 0 Å². The van der Waals surface area contributed by atoms with Gasteiger partial charge in [0.1, 0.15) is 5.82 Å². The minimum absolute atomic E-state index is 0.0435. The van der Waals surface area contributed by atoms with Crippen molar-refractivity contribution in [3.8, 4) is 11.4 Å². The van der Waals surface area contributed by atoms with Crippen molar-refractivity contribution in [3.63, 3.8) is 0 Å². The Morgan fingerprint density at radius 1 is 1.14 bits per heavy atom. The molecule has 6 heteroatoms. The fourth-order valence-corrected chi connectivity index (χ4v) is 2.70. The summed E-state index contributed by atoms with van der Waals surface area (Å²) in [5, 5.41) is 0. The smallest absolute Gasteiger partial charge is 0.232 e. The maximum atomic E-state index is 11.6. The quantitative estimate of drug-likeness (QED) is 0.778. The van der Waals surface area contributed by atoms with Crippen LogP contribution in [-0.2, 0) is 10.0 Å². The molecule has 2 aromatic carbocycles. The Kier molecular flexibility index (Phi) is 3.39. The number of aromatic nitrogens is 2. The standard InChI is InChI=1S/C15H15N3O2S/c1-2-21(19,20)18-12-7-5-6-11(10-12)15-16-13-8-3-4-9-14(13)17-15/h3-10,18H,2H2,1H3,(H,16,17). The number of sulfonamides is 1. The van der Waals surface area contributed by atoms with Crippen LogP contribution < -0.4 is 4.72 Å². The van der Waals surface area contributed by atoms with E-state index in [2.05, 4.69) is 14.7 Å². The monoisotopic (exact) mass is 301 g/mol. The topological polar surface area (TPSA) is 74.8 Å². The maximum absolute atomic E-state index is 11.6. The Morgan fingerprint density at radius 2 is 1.95 bits per heavy atom. The van der Waals surface area contributed by atoms with Crippen LogP contribution in [0.1, 0.15) is 6.92 Å². The average Bonchev–Trinajstić information content (AvgIpc) is 2.91. The Labute approximate surface area is 123 Å². The first kappa shape index (κ1) is 13.6. The first-order valence-corrected chi connectivity index (χ1v) is 8.28. The fourth-order valence-electron chi connectivity index (χ4n) is 2.07. The molecule has 0 aliphatic rings. The van der Waals surface area contributed by atoms with Crippen LogP contribution >= 0.6 is 0 Å². The molecule has 108 valence electrons. The van der Waals surface area contributed by atoms with Gasteiger partial charge in [0.15, 0.2) is 0 Å². The number of imidazole rings is 1. The van der Waals surface area contributed by atoms with E-state index in [4.69, 9.17) is 0 Å². The van der Waals surface area contributed by atoms with Gasteiger partial charge in [-0.25, -0.2) is 13.4 Å². The second-order valence-corrected chi connectivity index (χ2v) is 6.70. The number of nitrogens with one attached hydrogen (secondary N) is 2. The Bertz CT molecular complexity index is 852. The van der Waals surface area contributed by atoms with E-state index in [0.717, 1.165) is 16.6 Å². The predicted octanol–water partition coefficient (Wildman–Crippen LogP) is 2.99. The van der Waals surface area contributed by atoms with Gasteiger partial charge in [-0.15, -0.1) is 0 Å². The molecule has 1 aromatic heterocycles. The normalized spacial score (nSPS) is 11.7. The third-order valence-corrected chi connectivity index (χ3v) is 4.49. The molecule has 0 fully saturated rings. The molecule has 0 amide bonds. The van der Waals surface area contributed by atoms with E-state index >= 15 is 0 Å². The minimum Gasteiger partial charge on any atom is -0.338 e. The Balaban J connectivity index is 1.99. The number of H-pyrrole nitrogens is 1. The molecule has 2 N–H and O–H groups in total. The number of hydrogen-bond donors (Lipinski definition) is 2. The molecule has 21 heavy (non-hydrogen) atoms. The second kappa shape index (κ2) is 5.21. The third-order valence-electron chi connectivity index (χ3n) is 3.18. The van der Waals surface area contributed by atoms with Crippen molar-refractivity contribution in [2.45, 2.75) is 6.92 Å². The summed E-state index contributed by atoms with van der Waals surface area (Å²) >= 11 is 0. The summed E-state index contributed by atoms with van der Waals surface area (Å²) in [7, 11) is -3.28. The number of rotatable bonds is 4. The van der Waals surface area contributed by atoms with E-state index in [-0.39, 0.29) is 5.75 Å². The van der Waals surface area contributed by atoms with Gasteiger partial charge in [-0.2, -0.15) is 0 Å². The molecule has 0 aliphatic heterocycles. The molecule has 0 saturated carbocycles. The van der Waals surface area contributed by atoms with Gasteiger partial charge in [-0.3, -0.25) is 4.72 Å². The number of aromatic amines is 1. The molecule has 0 spiro atoms. The minimum atomic E-state index is -3.28. The molecule has 0 bridgehead atoms. The molecule has 0 unspecified atom stereocenters. The van der Waals surface area contributed by atoms with Crippen LogP contribution in [0.4, 0.5) is 5.69 Å². The number of fused-ring (bicyclic) bond motifs is 1. The summed E-state index contributed by atoms with van der Waals surface area (Å²) in [5.74, 6) is 0.760. The molecular weight excluding hydrogens is 286 g/mol. The van der Waals surface area contributed by atoms with Crippen molar-refractivity contribution in [1.82, 2.24) is 9.97 Å². The summed E-state index contributed by atoms with van der Waals surface area (Å²) in [6.07, 6.45) is 0. The highest BCUT2D eigenvalue weighted by Gasteiger charge is 2.09. The molecule has 3 aromatic rings. The highest BCUT2D eigenvalue weighted by molar-refractivity contribution is 7.92. The van der Waals surface area contributed by atoms with Gasteiger partial charge in [-0.05, 0) is 31.2 Å². The Hall–Kier alpha value is -2.34. The summed E-state index contributed by atoms with van der Waals surface area (Å²) in [6, 6.07) is 14.9. The van der Waals surface area contributed by atoms with E-state index in [1.54, 1.807) is 25.1 Å². The van der Waals surface area contributed by atoms with Gasteiger partial charge in [0.05, 0.1) is 16.8 Å². The van der Waals surface area contributed by atoms with Crippen molar-refractivity contribution < 1.29 is 8.42 Å². The van der Waals surface area contributed by atoms with Gasteiger partial charge in [0.25, 0.3) is 0 Å². The van der Waals surface area contributed by atoms with Crippen LogP contribution in [0.25, 0.3) is 22.4 Å². The molecule has 3 rings (SSSR count). The van der Waals surface area contributed by atoms with Gasteiger partial charge >= 0.3 is 0 Å². The summed E-state index contributed by atoms with van der Waals surface area (Å²) in [4.78, 5) is 7.74. The lowest BCUT2D eigenvalue weighted by Gasteiger charge is -2.06. The van der Waals surface area contributed by atoms with Gasteiger partial charge in [-0.1, -0.05) is 24.3 Å². The molecular formula is C15H15N3O2S. The number of benzene rings is 2. The molecule has 0 atom stereocenters. The van der Waals surface area contributed by atoms with E-state index in [9.17, 15) is 8.42 Å². The second-order valence-electron chi connectivity index (χ2n) is 4.69. The Morgan fingerprint density at radius 3 is 2.71 bits per heavy atom. The lowest BCUT2D eigenvalue weighted by Crippen LogP contribution is -2.14. The summed E-state index contributed by atoms with van der Waals surface area (Å²) in [6.45, 7) is 1.60. The number of hydrogen-bond acceptors (Lipinski definition) is 3. The third kappa shape index (κ3) is 2.90. The fraction of sp³-hybridized carbons (Fsp3) is 0.133. The first-order valence-electron chi connectivity index (χ1n) is 6.63. The zero-order valence-corrected chi connectivity index (χ0v) is 12.3. The van der Waals surface area contributed by atoms with Crippen LogP contribution in [0, 0.1) is 0 Å². The van der Waals surface area contributed by atoms with E-state index in [0.29, 0.717) is 11.5 Å². The van der Waals surface area contributed by atoms with E-state index < -0.39 is 10.0 Å². The predicted molar refractivity (Wildman–Crippen MR) is 84.6 cm³/mol. The summed E-state index contributed by atoms with van der Waals surface area (Å²) < 4.78 is 25.8. The average molecular weight is 301 g/mol. The number of para-hydroxylation sites is 2. The van der Waals surface area contributed by atoms with Gasteiger partial charge in [0.2, 0.25) is 10.0 Å². The van der Waals surface area contributed by atoms with Crippen molar-refractivity contribution >= 4 is 26.7 Å². The molecule has 1 heterocycles. The van der Waals surface area contributed by atoms with Crippen molar-refractivity contribution in [1.29, 1.82) is 0 Å². The van der Waals surface area contributed by atoms with Gasteiger partial charge < -0.3 is 4.98 Å². The molecule has 0 aliphatic carbocycles. The van der Waals surface area contributed by atoms with Crippen LogP contribution in [0.3, 0.4) is 0 Å². The molecule has 0 saturated heterocycles. The SMILES string of the molecule is CCS(=O)(=O)Nc1cccc(-c2nc3ccccc3[nH]2)c1. The maximum Gasteiger partial charge on any atom is 0.232 e. The lowest BCUT2D eigenvalue weighted by molar-refractivity contribution is 0.602. The van der Waals surface area contributed by atoms with Crippen molar-refractivity contribution in [3.05, 3.63) is 48.5 Å². The van der Waals surface area contributed by atoms with Crippen molar-refractivity contribution in [2.75, 3.05) is 10.5 Å². The van der Waals surface area contributed by atoms with Crippen LogP contribution in [0.2, 0.25) is 0 Å². The first-order chi connectivity index (χ1) is 10.1. The summed E-state index contributed by atoms with van der Waals surface area (Å²) in [5.41, 5.74) is 3.20. The zero-order valence-electron chi connectivity index (χ0n) is 11.5. The zero-order chi connectivity index (χ0) is 14.9. The van der Waals surface area contributed by atoms with E-state index in [1.807, 2.05) is 30.3 Å². The molecule has 0 radical (unpaired) electrons.